The van der Waals surface area contributed by atoms with Gasteiger partial charge in [-0.2, -0.15) is 0 Å². The first-order chi connectivity index (χ1) is 9.40. The number of hydrogen-bond acceptors (Lipinski definition) is 4. The quantitative estimate of drug-likeness (QED) is 0.554. The van der Waals surface area contributed by atoms with Gasteiger partial charge in [0.2, 0.25) is 0 Å². The third-order valence-electron chi connectivity index (χ3n) is 3.43. The molecule has 0 aliphatic heterocycles. The summed E-state index contributed by atoms with van der Waals surface area (Å²) in [7, 11) is 0. The molecule has 0 N–H and O–H groups in total. The maximum absolute atomic E-state index is 12.3. The van der Waals surface area contributed by atoms with Gasteiger partial charge in [-0.05, 0) is 43.8 Å². The third-order valence-corrected chi connectivity index (χ3v) is 3.43. The molecule has 0 aromatic heterocycles. The fourth-order valence-electron chi connectivity index (χ4n) is 2.45. The standard InChI is InChI=1S/C16H24O4/c1-6-19-14(17)16(15(18)20-7-2)9-8-13(12(16)5)10-11(3)4/h8,11H,5-7,9-10H2,1-4H3. The average molecular weight is 280 g/mol. The smallest absolute Gasteiger partial charge is 0.328 e. The number of ether oxygens (including phenoxy) is 2. The molecule has 0 aromatic rings. The Bertz CT molecular complexity index is 414. The molecule has 0 radical (unpaired) electrons. The van der Waals surface area contributed by atoms with Crippen molar-refractivity contribution in [3.05, 3.63) is 23.8 Å². The fraction of sp³-hybridized carbons (Fsp3) is 0.625. The van der Waals surface area contributed by atoms with Crippen LogP contribution in [0.3, 0.4) is 0 Å². The van der Waals surface area contributed by atoms with Crippen LogP contribution in [0.2, 0.25) is 0 Å². The number of carbonyl (C=O) groups excluding carboxylic acids is 2. The van der Waals surface area contributed by atoms with Crippen LogP contribution in [0.4, 0.5) is 0 Å². The highest BCUT2D eigenvalue weighted by molar-refractivity contribution is 6.05. The van der Waals surface area contributed by atoms with Crippen molar-refractivity contribution in [1.29, 1.82) is 0 Å². The summed E-state index contributed by atoms with van der Waals surface area (Å²) < 4.78 is 10.2. The Hall–Kier alpha value is -1.58. The van der Waals surface area contributed by atoms with Crippen molar-refractivity contribution in [3.8, 4) is 0 Å². The highest BCUT2D eigenvalue weighted by Gasteiger charge is 2.54. The Morgan fingerprint density at radius 2 is 1.75 bits per heavy atom. The highest BCUT2D eigenvalue weighted by atomic mass is 16.6. The molecule has 0 atom stereocenters. The van der Waals surface area contributed by atoms with Crippen molar-refractivity contribution in [2.45, 2.75) is 40.5 Å². The van der Waals surface area contributed by atoms with E-state index in [4.69, 9.17) is 9.47 Å². The van der Waals surface area contributed by atoms with E-state index < -0.39 is 17.4 Å². The average Bonchev–Trinajstić information content (AvgIpc) is 2.68. The molecular formula is C16H24O4. The van der Waals surface area contributed by atoms with E-state index in [1.165, 1.54) is 0 Å². The number of esters is 2. The third kappa shape index (κ3) is 2.94. The molecule has 1 rings (SSSR count). The number of carbonyl (C=O) groups is 2. The van der Waals surface area contributed by atoms with Gasteiger partial charge in [0.05, 0.1) is 13.2 Å². The largest absolute Gasteiger partial charge is 0.465 e. The lowest BCUT2D eigenvalue weighted by atomic mass is 9.79. The van der Waals surface area contributed by atoms with E-state index in [0.29, 0.717) is 11.5 Å². The van der Waals surface area contributed by atoms with Crippen molar-refractivity contribution in [2.75, 3.05) is 13.2 Å². The van der Waals surface area contributed by atoms with E-state index in [1.54, 1.807) is 13.8 Å². The lowest BCUT2D eigenvalue weighted by Gasteiger charge is -2.27. The fourth-order valence-corrected chi connectivity index (χ4v) is 2.45. The van der Waals surface area contributed by atoms with E-state index in [-0.39, 0.29) is 19.6 Å². The summed E-state index contributed by atoms with van der Waals surface area (Å²) >= 11 is 0. The molecule has 0 bridgehead atoms. The highest BCUT2D eigenvalue weighted by Crippen LogP contribution is 2.45. The van der Waals surface area contributed by atoms with Gasteiger partial charge in [-0.1, -0.05) is 26.5 Å². The molecule has 0 saturated carbocycles. The molecular weight excluding hydrogens is 256 g/mol. The van der Waals surface area contributed by atoms with Gasteiger partial charge in [-0.3, -0.25) is 9.59 Å². The Morgan fingerprint density at radius 1 is 1.25 bits per heavy atom. The molecule has 0 spiro atoms. The topological polar surface area (TPSA) is 52.6 Å². The van der Waals surface area contributed by atoms with Crippen molar-refractivity contribution in [1.82, 2.24) is 0 Å². The molecule has 0 heterocycles. The van der Waals surface area contributed by atoms with Crippen LogP contribution in [0.5, 0.6) is 0 Å². The van der Waals surface area contributed by atoms with Crippen LogP contribution in [0.15, 0.2) is 23.8 Å². The van der Waals surface area contributed by atoms with E-state index in [9.17, 15) is 9.59 Å². The summed E-state index contributed by atoms with van der Waals surface area (Å²) in [6.07, 6.45) is 2.99. The monoisotopic (exact) mass is 280 g/mol. The summed E-state index contributed by atoms with van der Waals surface area (Å²) in [5.74, 6) is -0.685. The summed E-state index contributed by atoms with van der Waals surface area (Å²) in [6.45, 7) is 12.0. The number of allylic oxidation sites excluding steroid dienone is 2. The molecule has 20 heavy (non-hydrogen) atoms. The summed E-state index contributed by atoms with van der Waals surface area (Å²) in [5.41, 5.74) is 0.111. The van der Waals surface area contributed by atoms with E-state index in [1.807, 2.05) is 6.08 Å². The maximum Gasteiger partial charge on any atom is 0.328 e. The van der Waals surface area contributed by atoms with Crippen molar-refractivity contribution < 1.29 is 19.1 Å². The minimum Gasteiger partial charge on any atom is -0.465 e. The molecule has 0 saturated heterocycles. The molecule has 1 aliphatic carbocycles. The van der Waals surface area contributed by atoms with Crippen LogP contribution in [-0.4, -0.2) is 25.2 Å². The van der Waals surface area contributed by atoms with Gasteiger partial charge in [-0.25, -0.2) is 0 Å². The zero-order chi connectivity index (χ0) is 15.3. The van der Waals surface area contributed by atoms with Gasteiger partial charge in [-0.15, -0.1) is 0 Å². The Morgan fingerprint density at radius 3 is 2.15 bits per heavy atom. The SMILES string of the molecule is C=C1C(CC(C)C)=CCC1(C(=O)OCC)C(=O)OCC. The summed E-state index contributed by atoms with van der Waals surface area (Å²) in [6, 6.07) is 0. The van der Waals surface area contributed by atoms with Crippen LogP contribution in [0.1, 0.15) is 40.5 Å². The molecule has 0 fully saturated rings. The van der Waals surface area contributed by atoms with Gasteiger partial charge < -0.3 is 9.47 Å². The molecule has 0 amide bonds. The summed E-state index contributed by atoms with van der Waals surface area (Å²) in [5, 5.41) is 0. The van der Waals surface area contributed by atoms with Crippen LogP contribution in [-0.2, 0) is 19.1 Å². The molecule has 0 aromatic carbocycles. The van der Waals surface area contributed by atoms with Gasteiger partial charge in [0.15, 0.2) is 5.41 Å². The molecule has 4 nitrogen and oxygen atoms in total. The predicted octanol–water partition coefficient (Wildman–Crippen LogP) is 3.03. The summed E-state index contributed by atoms with van der Waals surface area (Å²) in [4.78, 5) is 24.6. The molecule has 112 valence electrons. The molecule has 1 aliphatic rings. The van der Waals surface area contributed by atoms with Crippen molar-refractivity contribution >= 4 is 11.9 Å². The van der Waals surface area contributed by atoms with Crippen LogP contribution >= 0.6 is 0 Å². The number of rotatable bonds is 6. The minimum atomic E-state index is -1.38. The van der Waals surface area contributed by atoms with E-state index in [0.717, 1.165) is 12.0 Å². The van der Waals surface area contributed by atoms with Crippen molar-refractivity contribution in [2.24, 2.45) is 11.3 Å². The van der Waals surface area contributed by atoms with E-state index in [2.05, 4.69) is 20.4 Å². The maximum atomic E-state index is 12.3. The second-order valence-corrected chi connectivity index (χ2v) is 5.36. The van der Waals surface area contributed by atoms with Crippen LogP contribution in [0, 0.1) is 11.3 Å². The van der Waals surface area contributed by atoms with Gasteiger partial charge in [0.1, 0.15) is 0 Å². The normalized spacial score (nSPS) is 17.1. The Balaban J connectivity index is 3.07. The lowest BCUT2D eigenvalue weighted by molar-refractivity contribution is -0.168. The molecule has 0 unspecified atom stereocenters. The lowest BCUT2D eigenvalue weighted by Crippen LogP contribution is -2.41. The predicted molar refractivity (Wildman–Crippen MR) is 77.0 cm³/mol. The van der Waals surface area contributed by atoms with Gasteiger partial charge in [0, 0.05) is 0 Å². The second kappa shape index (κ2) is 6.73. The second-order valence-electron chi connectivity index (χ2n) is 5.36. The first kappa shape index (κ1) is 16.5. The molecule has 4 heteroatoms. The Kier molecular flexibility index (Phi) is 5.54. The van der Waals surface area contributed by atoms with Crippen LogP contribution < -0.4 is 0 Å². The van der Waals surface area contributed by atoms with E-state index >= 15 is 0 Å². The van der Waals surface area contributed by atoms with Gasteiger partial charge in [0.25, 0.3) is 0 Å². The number of hydrogen-bond donors (Lipinski definition) is 0. The zero-order valence-corrected chi connectivity index (χ0v) is 12.8. The van der Waals surface area contributed by atoms with Crippen LogP contribution in [0.25, 0.3) is 0 Å². The van der Waals surface area contributed by atoms with Gasteiger partial charge >= 0.3 is 11.9 Å². The first-order valence-electron chi connectivity index (χ1n) is 7.13. The zero-order valence-electron chi connectivity index (χ0n) is 12.8. The van der Waals surface area contributed by atoms with Crippen molar-refractivity contribution in [3.63, 3.8) is 0 Å². The Labute approximate surface area is 120 Å². The first-order valence-corrected chi connectivity index (χ1v) is 7.13. The minimum absolute atomic E-state index is 0.229.